The Morgan fingerprint density at radius 1 is 0.825 bits per heavy atom. The van der Waals surface area contributed by atoms with Crippen LogP contribution >= 0.6 is 11.6 Å². The van der Waals surface area contributed by atoms with Crippen molar-refractivity contribution in [2.45, 2.75) is 24.4 Å². The number of nitrogens with one attached hydrogen (secondary N) is 1. The van der Waals surface area contributed by atoms with E-state index in [2.05, 4.69) is 11.4 Å². The fraction of sp³-hybridized carbons (Fsp3) is 0.147. The summed E-state index contributed by atoms with van der Waals surface area (Å²) in [6.45, 7) is 2.01. The number of amides is 1. The maximum Gasteiger partial charge on any atom is 0.238 e. The van der Waals surface area contributed by atoms with Crippen LogP contribution in [0.2, 0.25) is 5.02 Å². The molecule has 1 amide bonds. The third-order valence-electron chi connectivity index (χ3n) is 8.63. The Morgan fingerprint density at radius 3 is 2.30 bits per heavy atom. The minimum Gasteiger partial charge on any atom is -0.352 e. The molecular weight excluding hydrogens is 520 g/mol. The molecule has 0 radical (unpaired) electrons. The molecule has 0 aromatic heterocycles. The largest absolute Gasteiger partial charge is 0.352 e. The van der Waals surface area contributed by atoms with E-state index in [0.29, 0.717) is 21.8 Å². The number of hydrogen-bond acceptors (Lipinski definition) is 4. The smallest absolute Gasteiger partial charge is 0.238 e. The number of para-hydroxylation sites is 2. The van der Waals surface area contributed by atoms with Crippen LogP contribution in [-0.4, -0.2) is 29.6 Å². The molecule has 3 heterocycles. The number of hydrogen-bond donors (Lipinski definition) is 1. The maximum atomic E-state index is 14.7. The van der Waals surface area contributed by atoms with E-state index in [9.17, 15) is 14.4 Å². The van der Waals surface area contributed by atoms with Gasteiger partial charge in [-0.05, 0) is 42.3 Å². The lowest BCUT2D eigenvalue weighted by Crippen LogP contribution is -2.51. The monoisotopic (exact) mass is 544 g/mol. The lowest BCUT2D eigenvalue weighted by molar-refractivity contribution is -0.121. The van der Waals surface area contributed by atoms with Gasteiger partial charge in [0.2, 0.25) is 5.91 Å². The van der Waals surface area contributed by atoms with E-state index in [4.69, 9.17) is 11.6 Å². The Bertz CT molecular complexity index is 1750. The van der Waals surface area contributed by atoms with Crippen molar-refractivity contribution in [2.75, 3.05) is 10.2 Å². The Labute approximate surface area is 237 Å². The van der Waals surface area contributed by atoms with Crippen LogP contribution in [0.4, 0.5) is 11.4 Å². The normalized spacial score (nSPS) is 24.1. The molecule has 0 bridgehead atoms. The van der Waals surface area contributed by atoms with Gasteiger partial charge in [-0.2, -0.15) is 0 Å². The summed E-state index contributed by atoms with van der Waals surface area (Å²) >= 11 is 6.59. The van der Waals surface area contributed by atoms with Crippen molar-refractivity contribution >= 4 is 46.0 Å². The second kappa shape index (κ2) is 9.04. The first-order valence-electron chi connectivity index (χ1n) is 13.3. The zero-order chi connectivity index (χ0) is 27.6. The molecule has 1 spiro atoms. The molecule has 5 nitrogen and oxygen atoms in total. The number of allylic oxidation sites excluding steroid dienone is 1. The van der Waals surface area contributed by atoms with E-state index in [0.717, 1.165) is 22.4 Å². The predicted octanol–water partition coefficient (Wildman–Crippen LogP) is 6.59. The lowest BCUT2D eigenvalue weighted by Gasteiger charge is -2.39. The van der Waals surface area contributed by atoms with E-state index in [1.54, 1.807) is 48.5 Å². The fourth-order valence-electron chi connectivity index (χ4n) is 6.99. The molecule has 3 aliphatic heterocycles. The number of rotatable bonds is 4. The number of carbonyl (C=O) groups excluding carboxylic acids is 3. The predicted molar refractivity (Wildman–Crippen MR) is 157 cm³/mol. The van der Waals surface area contributed by atoms with Crippen LogP contribution in [0.25, 0.3) is 5.57 Å². The minimum absolute atomic E-state index is 0.254. The molecule has 6 heteroatoms. The van der Waals surface area contributed by atoms with Gasteiger partial charge in [-0.3, -0.25) is 14.4 Å². The molecule has 3 aliphatic rings. The van der Waals surface area contributed by atoms with Gasteiger partial charge < -0.3 is 10.2 Å². The summed E-state index contributed by atoms with van der Waals surface area (Å²) in [4.78, 5) is 45.8. The summed E-state index contributed by atoms with van der Waals surface area (Å²) in [6, 6.07) is 29.6. The second-order valence-electron chi connectivity index (χ2n) is 10.6. The van der Waals surface area contributed by atoms with Crippen molar-refractivity contribution < 1.29 is 14.4 Å². The van der Waals surface area contributed by atoms with Gasteiger partial charge in [0.15, 0.2) is 11.6 Å². The quantitative estimate of drug-likeness (QED) is 0.294. The van der Waals surface area contributed by atoms with Crippen molar-refractivity contribution in [3.05, 3.63) is 136 Å². The Hall–Kier alpha value is -4.48. The molecule has 0 unspecified atom stereocenters. The molecule has 4 aromatic rings. The third-order valence-corrected chi connectivity index (χ3v) is 8.96. The Kier molecular flexibility index (Phi) is 5.55. The summed E-state index contributed by atoms with van der Waals surface area (Å²) in [5.74, 6) is -1.85. The van der Waals surface area contributed by atoms with E-state index in [1.165, 1.54) is 0 Å². The highest BCUT2D eigenvalue weighted by Crippen LogP contribution is 2.58. The van der Waals surface area contributed by atoms with Gasteiger partial charge in [0, 0.05) is 28.1 Å². The molecule has 4 aromatic carbocycles. The first-order valence-corrected chi connectivity index (χ1v) is 13.7. The van der Waals surface area contributed by atoms with Crippen LogP contribution in [0.1, 0.15) is 38.8 Å². The molecular formula is C34H25ClN2O3. The van der Waals surface area contributed by atoms with Gasteiger partial charge in [-0.15, -0.1) is 0 Å². The standard InChI is InChI=1S/C34H25ClN2O3/c1-20-19-28-34(24-15-7-9-17-26(24)36-33(34)40)29(31(38)21-11-3-2-4-12-21)30(32(39)23-14-5-8-16-25(23)35)37(28)27-18-10-6-13-22(20)27/h2-19,28-30H,1H3,(H,36,40)/t28-,29-,30-,34+/m0/s1. The summed E-state index contributed by atoms with van der Waals surface area (Å²) in [5.41, 5.74) is 3.59. The van der Waals surface area contributed by atoms with Gasteiger partial charge in [0.1, 0.15) is 11.5 Å². The number of halogens is 1. The van der Waals surface area contributed by atoms with Gasteiger partial charge in [-0.25, -0.2) is 0 Å². The van der Waals surface area contributed by atoms with Crippen LogP contribution in [0.3, 0.4) is 0 Å². The van der Waals surface area contributed by atoms with Crippen LogP contribution in [0.15, 0.2) is 109 Å². The summed E-state index contributed by atoms with van der Waals surface area (Å²) in [6.07, 6.45) is 2.05. The number of carbonyl (C=O) groups is 3. The maximum absolute atomic E-state index is 14.7. The molecule has 196 valence electrons. The van der Waals surface area contributed by atoms with Crippen molar-refractivity contribution in [2.24, 2.45) is 5.92 Å². The van der Waals surface area contributed by atoms with E-state index in [1.807, 2.05) is 66.4 Å². The number of benzene rings is 4. The van der Waals surface area contributed by atoms with Crippen LogP contribution in [0, 0.1) is 5.92 Å². The fourth-order valence-corrected chi connectivity index (χ4v) is 7.22. The highest BCUT2D eigenvalue weighted by Gasteiger charge is 2.70. The van der Waals surface area contributed by atoms with Crippen LogP contribution < -0.4 is 10.2 Å². The van der Waals surface area contributed by atoms with E-state index >= 15 is 0 Å². The first-order chi connectivity index (χ1) is 19.4. The number of fused-ring (bicyclic) bond motifs is 6. The third kappa shape index (κ3) is 3.24. The average Bonchev–Trinajstić information content (AvgIpc) is 3.45. The minimum atomic E-state index is -1.35. The van der Waals surface area contributed by atoms with Crippen LogP contribution in [-0.2, 0) is 10.2 Å². The molecule has 1 fully saturated rings. The SMILES string of the molecule is CC1=C[C@@H]2N(c3ccccc31)[C@H](C(=O)c1ccccc1Cl)[C@@H](C(=O)c1ccccc1)[C@]21C(=O)Nc2ccccc21. The van der Waals surface area contributed by atoms with Crippen LogP contribution in [0.5, 0.6) is 0 Å². The van der Waals surface area contributed by atoms with Gasteiger partial charge in [-0.1, -0.05) is 96.5 Å². The summed E-state index contributed by atoms with van der Waals surface area (Å²) in [7, 11) is 0. The Balaban J connectivity index is 1.57. The van der Waals surface area contributed by atoms with E-state index in [-0.39, 0.29) is 17.5 Å². The number of ketones is 2. The molecule has 7 rings (SSSR count). The summed E-state index contributed by atoms with van der Waals surface area (Å²) < 4.78 is 0. The van der Waals surface area contributed by atoms with Crippen molar-refractivity contribution in [1.82, 2.24) is 0 Å². The zero-order valence-electron chi connectivity index (χ0n) is 21.7. The average molecular weight is 545 g/mol. The summed E-state index contributed by atoms with van der Waals surface area (Å²) in [5, 5.41) is 3.37. The highest BCUT2D eigenvalue weighted by atomic mass is 35.5. The Morgan fingerprint density at radius 2 is 1.50 bits per heavy atom. The van der Waals surface area contributed by atoms with Crippen molar-refractivity contribution in [3.8, 4) is 0 Å². The lowest BCUT2D eigenvalue weighted by atomic mass is 9.64. The molecule has 4 atom stereocenters. The van der Waals surface area contributed by atoms with Crippen molar-refractivity contribution in [1.29, 1.82) is 0 Å². The topological polar surface area (TPSA) is 66.5 Å². The second-order valence-corrected chi connectivity index (χ2v) is 11.0. The number of Topliss-reactive ketones (excluding diaryl/α,β-unsaturated/α-hetero) is 2. The molecule has 1 saturated heterocycles. The molecule has 0 saturated carbocycles. The molecule has 40 heavy (non-hydrogen) atoms. The van der Waals surface area contributed by atoms with Gasteiger partial charge in [0.25, 0.3) is 0 Å². The van der Waals surface area contributed by atoms with E-state index < -0.39 is 23.4 Å². The number of nitrogens with zero attached hydrogens (tertiary/aromatic N) is 1. The zero-order valence-corrected chi connectivity index (χ0v) is 22.4. The van der Waals surface area contributed by atoms with Gasteiger partial charge in [0.05, 0.1) is 17.0 Å². The van der Waals surface area contributed by atoms with Gasteiger partial charge >= 0.3 is 0 Å². The number of anilines is 2. The highest BCUT2D eigenvalue weighted by molar-refractivity contribution is 6.34. The molecule has 1 N–H and O–H groups in total. The molecule has 0 aliphatic carbocycles. The van der Waals surface area contributed by atoms with Crippen molar-refractivity contribution in [3.63, 3.8) is 0 Å². The first kappa shape index (κ1) is 24.6.